The van der Waals surface area contributed by atoms with E-state index >= 15 is 0 Å². The minimum Gasteiger partial charge on any atom is -0.508 e. The van der Waals surface area contributed by atoms with Crippen LogP contribution in [0, 0.1) is 0 Å². The number of guanidine groups is 1. The minimum absolute atomic E-state index is 0.234. The lowest BCUT2D eigenvalue weighted by atomic mass is 10.2. The first-order chi connectivity index (χ1) is 12.2. The standard InChI is InChI=1S/C19H28N4O2/c24-17-9-3-8-16(14-17)22-19(21-15-6-1-2-7-15)20-11-5-13-23-12-4-10-18(23)25/h3,8-9,14-15,24H,1-2,4-7,10-13H2,(H2,20,21,22). The SMILES string of the molecule is O=C1CCCN1CCCN=C(Nc1cccc(O)c1)NC1CCCC1. The predicted octanol–water partition coefficient (Wildman–Crippen LogP) is 2.70. The molecule has 0 radical (unpaired) electrons. The number of amides is 1. The van der Waals surface area contributed by atoms with Crippen LogP contribution in [0.2, 0.25) is 0 Å². The number of nitrogens with one attached hydrogen (secondary N) is 2. The van der Waals surface area contributed by atoms with Gasteiger partial charge in [-0.05, 0) is 37.8 Å². The van der Waals surface area contributed by atoms with E-state index in [9.17, 15) is 9.90 Å². The second kappa shape index (κ2) is 8.74. The van der Waals surface area contributed by atoms with E-state index < -0.39 is 0 Å². The van der Waals surface area contributed by atoms with E-state index in [1.165, 1.54) is 25.7 Å². The lowest BCUT2D eigenvalue weighted by Crippen LogP contribution is -2.38. The lowest BCUT2D eigenvalue weighted by molar-refractivity contribution is -0.127. The first-order valence-corrected chi connectivity index (χ1v) is 9.35. The van der Waals surface area contributed by atoms with E-state index in [2.05, 4.69) is 15.6 Å². The van der Waals surface area contributed by atoms with Gasteiger partial charge in [0.15, 0.2) is 5.96 Å². The number of rotatable bonds is 6. The second-order valence-electron chi connectivity index (χ2n) is 6.87. The molecule has 0 atom stereocenters. The Kier molecular flexibility index (Phi) is 6.14. The van der Waals surface area contributed by atoms with Crippen LogP contribution in [-0.2, 0) is 4.79 Å². The molecule has 1 amide bonds. The molecule has 1 heterocycles. The fraction of sp³-hybridized carbons (Fsp3) is 0.579. The van der Waals surface area contributed by atoms with Crippen LogP contribution in [0.1, 0.15) is 44.9 Å². The summed E-state index contributed by atoms with van der Waals surface area (Å²) < 4.78 is 0. The Balaban J connectivity index is 1.55. The van der Waals surface area contributed by atoms with E-state index in [1.54, 1.807) is 12.1 Å². The van der Waals surface area contributed by atoms with Crippen LogP contribution in [0.3, 0.4) is 0 Å². The molecule has 25 heavy (non-hydrogen) atoms. The Morgan fingerprint density at radius 1 is 1.28 bits per heavy atom. The molecule has 0 bridgehead atoms. The van der Waals surface area contributed by atoms with Gasteiger partial charge < -0.3 is 20.6 Å². The van der Waals surface area contributed by atoms with Crippen molar-refractivity contribution in [1.29, 1.82) is 0 Å². The molecule has 1 aromatic rings. The molecule has 0 unspecified atom stereocenters. The number of aliphatic imine (C=N–C) groups is 1. The molecule has 1 saturated carbocycles. The lowest BCUT2D eigenvalue weighted by Gasteiger charge is -2.18. The molecular formula is C19H28N4O2. The van der Waals surface area contributed by atoms with Gasteiger partial charge in [0, 0.05) is 43.9 Å². The Morgan fingerprint density at radius 2 is 2.12 bits per heavy atom. The number of carbonyl (C=O) groups excluding carboxylic acids is 1. The zero-order valence-corrected chi connectivity index (χ0v) is 14.7. The number of aromatic hydroxyl groups is 1. The number of phenols is 1. The van der Waals surface area contributed by atoms with E-state index in [0.29, 0.717) is 19.0 Å². The molecule has 6 nitrogen and oxygen atoms in total. The van der Waals surface area contributed by atoms with Crippen molar-refractivity contribution in [1.82, 2.24) is 10.2 Å². The van der Waals surface area contributed by atoms with Gasteiger partial charge in [-0.1, -0.05) is 18.9 Å². The maximum Gasteiger partial charge on any atom is 0.222 e. The number of anilines is 1. The summed E-state index contributed by atoms with van der Waals surface area (Å²) in [5.41, 5.74) is 0.818. The fourth-order valence-corrected chi connectivity index (χ4v) is 3.50. The van der Waals surface area contributed by atoms with Crippen LogP contribution in [-0.4, -0.2) is 47.5 Å². The topological polar surface area (TPSA) is 77.0 Å². The Hall–Kier alpha value is -2.24. The highest BCUT2D eigenvalue weighted by atomic mass is 16.3. The van der Waals surface area contributed by atoms with Crippen molar-refractivity contribution in [2.24, 2.45) is 4.99 Å². The summed E-state index contributed by atoms with van der Waals surface area (Å²) in [5.74, 6) is 1.26. The molecule has 2 fully saturated rings. The fourth-order valence-electron chi connectivity index (χ4n) is 3.50. The van der Waals surface area contributed by atoms with Gasteiger partial charge in [-0.3, -0.25) is 9.79 Å². The summed E-state index contributed by atoms with van der Waals surface area (Å²) >= 11 is 0. The summed E-state index contributed by atoms with van der Waals surface area (Å²) in [6, 6.07) is 7.52. The van der Waals surface area contributed by atoms with E-state index in [1.807, 2.05) is 17.0 Å². The molecular weight excluding hydrogens is 316 g/mol. The average molecular weight is 344 g/mol. The Bertz CT molecular complexity index is 611. The molecule has 3 N–H and O–H groups in total. The highest BCUT2D eigenvalue weighted by Crippen LogP contribution is 2.19. The number of benzene rings is 1. The van der Waals surface area contributed by atoms with Crippen molar-refractivity contribution in [3.8, 4) is 5.75 Å². The van der Waals surface area contributed by atoms with Crippen LogP contribution < -0.4 is 10.6 Å². The molecule has 6 heteroatoms. The van der Waals surface area contributed by atoms with Crippen LogP contribution >= 0.6 is 0 Å². The third-order valence-electron chi connectivity index (χ3n) is 4.83. The quantitative estimate of drug-likeness (QED) is 0.421. The average Bonchev–Trinajstić information content (AvgIpc) is 3.23. The van der Waals surface area contributed by atoms with Crippen molar-refractivity contribution in [3.63, 3.8) is 0 Å². The number of phenolic OH excluding ortho intramolecular Hbond substituents is 1. The van der Waals surface area contributed by atoms with Gasteiger partial charge >= 0.3 is 0 Å². The monoisotopic (exact) mass is 344 g/mol. The van der Waals surface area contributed by atoms with Crippen molar-refractivity contribution in [2.45, 2.75) is 51.0 Å². The van der Waals surface area contributed by atoms with Crippen LogP contribution in [0.25, 0.3) is 0 Å². The van der Waals surface area contributed by atoms with Gasteiger partial charge in [0.05, 0.1) is 0 Å². The predicted molar refractivity (Wildman–Crippen MR) is 99.9 cm³/mol. The first kappa shape index (κ1) is 17.6. The van der Waals surface area contributed by atoms with E-state index in [0.717, 1.165) is 37.6 Å². The summed E-state index contributed by atoms with van der Waals surface area (Å²) in [6.07, 6.45) is 7.39. The van der Waals surface area contributed by atoms with Crippen molar-refractivity contribution >= 4 is 17.6 Å². The van der Waals surface area contributed by atoms with Gasteiger partial charge in [-0.2, -0.15) is 0 Å². The van der Waals surface area contributed by atoms with E-state index in [4.69, 9.17) is 0 Å². The van der Waals surface area contributed by atoms with E-state index in [-0.39, 0.29) is 11.7 Å². The largest absolute Gasteiger partial charge is 0.508 e. The molecule has 0 spiro atoms. The summed E-state index contributed by atoms with van der Waals surface area (Å²) in [6.45, 7) is 2.34. The summed E-state index contributed by atoms with van der Waals surface area (Å²) in [4.78, 5) is 18.3. The molecule has 0 aromatic heterocycles. The van der Waals surface area contributed by atoms with Gasteiger partial charge in [0.25, 0.3) is 0 Å². The number of nitrogens with zero attached hydrogens (tertiary/aromatic N) is 2. The minimum atomic E-state index is 0.234. The summed E-state index contributed by atoms with van der Waals surface area (Å²) in [5, 5.41) is 16.4. The summed E-state index contributed by atoms with van der Waals surface area (Å²) in [7, 11) is 0. The van der Waals surface area contributed by atoms with Crippen molar-refractivity contribution in [2.75, 3.05) is 25.0 Å². The highest BCUT2D eigenvalue weighted by Gasteiger charge is 2.19. The number of hydrogen-bond donors (Lipinski definition) is 3. The zero-order valence-electron chi connectivity index (χ0n) is 14.7. The van der Waals surface area contributed by atoms with Gasteiger partial charge in [-0.25, -0.2) is 0 Å². The number of hydrogen-bond acceptors (Lipinski definition) is 3. The van der Waals surface area contributed by atoms with Crippen LogP contribution in [0.5, 0.6) is 5.75 Å². The molecule has 1 aliphatic carbocycles. The Morgan fingerprint density at radius 3 is 2.84 bits per heavy atom. The smallest absolute Gasteiger partial charge is 0.222 e. The molecule has 136 valence electrons. The maximum atomic E-state index is 11.6. The third-order valence-corrected chi connectivity index (χ3v) is 4.83. The normalized spacial score (nSPS) is 18.8. The van der Waals surface area contributed by atoms with Crippen LogP contribution in [0.15, 0.2) is 29.3 Å². The second-order valence-corrected chi connectivity index (χ2v) is 6.87. The number of likely N-dealkylation sites (tertiary alicyclic amines) is 1. The third kappa shape index (κ3) is 5.37. The molecule has 1 saturated heterocycles. The number of carbonyl (C=O) groups is 1. The molecule has 2 aliphatic rings. The molecule has 1 aliphatic heterocycles. The van der Waals surface area contributed by atoms with Gasteiger partial charge in [0.1, 0.15) is 5.75 Å². The zero-order chi connectivity index (χ0) is 17.5. The molecule has 3 rings (SSSR count). The van der Waals surface area contributed by atoms with Gasteiger partial charge in [0.2, 0.25) is 5.91 Å². The van der Waals surface area contributed by atoms with Gasteiger partial charge in [-0.15, -0.1) is 0 Å². The molecule has 1 aromatic carbocycles. The van der Waals surface area contributed by atoms with Crippen LogP contribution in [0.4, 0.5) is 5.69 Å². The van der Waals surface area contributed by atoms with Crippen molar-refractivity contribution in [3.05, 3.63) is 24.3 Å². The Labute approximate surface area is 149 Å². The highest BCUT2D eigenvalue weighted by molar-refractivity contribution is 5.94. The maximum absolute atomic E-state index is 11.6. The van der Waals surface area contributed by atoms with Crippen molar-refractivity contribution < 1.29 is 9.90 Å². The first-order valence-electron chi connectivity index (χ1n) is 9.35.